The van der Waals surface area contributed by atoms with Crippen molar-refractivity contribution in [3.8, 4) is 11.3 Å². The molecule has 0 saturated heterocycles. The third-order valence-electron chi connectivity index (χ3n) is 1.94. The number of aromatic nitrogens is 2. The van der Waals surface area contributed by atoms with Gasteiger partial charge in [-0.25, -0.2) is 4.98 Å². The highest BCUT2D eigenvalue weighted by Gasteiger charge is 2.12. The number of hydrogen-bond donors (Lipinski definition) is 1. The van der Waals surface area contributed by atoms with Gasteiger partial charge in [-0.3, -0.25) is 4.98 Å². The number of nitrogens with one attached hydrogen (secondary N) is 1. The van der Waals surface area contributed by atoms with E-state index in [2.05, 4.69) is 36.1 Å². The van der Waals surface area contributed by atoms with Crippen LogP contribution in [-0.2, 0) is 0 Å². The van der Waals surface area contributed by atoms with Crippen molar-refractivity contribution in [2.75, 3.05) is 5.32 Å². The zero-order valence-corrected chi connectivity index (χ0v) is 10.5. The first-order chi connectivity index (χ1) is 7.54. The Morgan fingerprint density at radius 1 is 1.31 bits per heavy atom. The molecule has 0 aliphatic carbocycles. The monoisotopic (exact) mass is 233 g/mol. The van der Waals surface area contributed by atoms with Gasteiger partial charge in [0.05, 0.1) is 5.69 Å². The van der Waals surface area contributed by atoms with Gasteiger partial charge in [0, 0.05) is 28.9 Å². The van der Waals surface area contributed by atoms with Gasteiger partial charge in [0.15, 0.2) is 5.13 Å². The molecule has 2 aromatic heterocycles. The van der Waals surface area contributed by atoms with Crippen molar-refractivity contribution >= 4 is 16.5 Å². The summed E-state index contributed by atoms with van der Waals surface area (Å²) >= 11 is 1.62. The Morgan fingerprint density at radius 2 is 2.12 bits per heavy atom. The molecule has 0 radical (unpaired) electrons. The molecule has 2 heterocycles. The molecule has 0 aliphatic rings. The lowest BCUT2D eigenvalue weighted by atomic mass is 10.1. The van der Waals surface area contributed by atoms with Crippen molar-refractivity contribution in [3.05, 3.63) is 29.9 Å². The average molecular weight is 233 g/mol. The molecule has 0 atom stereocenters. The molecule has 0 spiro atoms. The normalized spacial score (nSPS) is 11.4. The van der Waals surface area contributed by atoms with Crippen LogP contribution in [0.25, 0.3) is 11.3 Å². The van der Waals surface area contributed by atoms with Gasteiger partial charge in [-0.05, 0) is 32.9 Å². The summed E-state index contributed by atoms with van der Waals surface area (Å²) in [4.78, 5) is 8.62. The van der Waals surface area contributed by atoms with Gasteiger partial charge in [0.2, 0.25) is 0 Å². The summed E-state index contributed by atoms with van der Waals surface area (Å²) in [6, 6.07) is 3.94. The average Bonchev–Trinajstić information content (AvgIpc) is 2.65. The molecule has 0 aliphatic heterocycles. The van der Waals surface area contributed by atoms with E-state index in [9.17, 15) is 0 Å². The molecular formula is C12H15N3S. The Kier molecular flexibility index (Phi) is 2.92. The van der Waals surface area contributed by atoms with E-state index in [-0.39, 0.29) is 5.54 Å². The predicted octanol–water partition coefficient (Wildman–Crippen LogP) is 3.42. The molecule has 0 unspecified atom stereocenters. The lowest BCUT2D eigenvalue weighted by Crippen LogP contribution is -2.25. The molecule has 2 rings (SSSR count). The van der Waals surface area contributed by atoms with E-state index < -0.39 is 0 Å². The highest BCUT2D eigenvalue weighted by Crippen LogP contribution is 2.25. The smallest absolute Gasteiger partial charge is 0.183 e. The van der Waals surface area contributed by atoms with E-state index in [0.717, 1.165) is 16.4 Å². The van der Waals surface area contributed by atoms with Crippen molar-refractivity contribution in [2.24, 2.45) is 0 Å². The first kappa shape index (κ1) is 11.1. The topological polar surface area (TPSA) is 37.8 Å². The Morgan fingerprint density at radius 3 is 2.75 bits per heavy atom. The highest BCUT2D eigenvalue weighted by atomic mass is 32.1. The maximum Gasteiger partial charge on any atom is 0.183 e. The minimum atomic E-state index is 0.0457. The maximum atomic E-state index is 4.53. The zero-order valence-electron chi connectivity index (χ0n) is 9.69. The van der Waals surface area contributed by atoms with E-state index in [1.165, 1.54) is 0 Å². The van der Waals surface area contributed by atoms with E-state index in [1.54, 1.807) is 17.5 Å². The molecule has 16 heavy (non-hydrogen) atoms. The van der Waals surface area contributed by atoms with Gasteiger partial charge in [-0.2, -0.15) is 0 Å². The molecule has 0 saturated carbocycles. The third kappa shape index (κ3) is 2.79. The van der Waals surface area contributed by atoms with Gasteiger partial charge in [-0.15, -0.1) is 11.3 Å². The van der Waals surface area contributed by atoms with Crippen LogP contribution in [0.5, 0.6) is 0 Å². The second-order valence-electron chi connectivity index (χ2n) is 4.65. The molecule has 2 aromatic rings. The largest absolute Gasteiger partial charge is 0.357 e. The van der Waals surface area contributed by atoms with Crippen LogP contribution in [0.2, 0.25) is 0 Å². The number of hydrogen-bond acceptors (Lipinski definition) is 4. The fraction of sp³-hybridized carbons (Fsp3) is 0.333. The minimum absolute atomic E-state index is 0.0457. The summed E-state index contributed by atoms with van der Waals surface area (Å²) in [5.74, 6) is 0. The molecule has 0 amide bonds. The third-order valence-corrected chi connectivity index (χ3v) is 2.70. The van der Waals surface area contributed by atoms with Crippen molar-refractivity contribution in [1.82, 2.24) is 9.97 Å². The molecule has 0 aromatic carbocycles. The van der Waals surface area contributed by atoms with Crippen molar-refractivity contribution < 1.29 is 0 Å². The van der Waals surface area contributed by atoms with Crippen LogP contribution in [0.1, 0.15) is 20.8 Å². The molecule has 0 bridgehead atoms. The summed E-state index contributed by atoms with van der Waals surface area (Å²) in [6.45, 7) is 6.37. The summed E-state index contributed by atoms with van der Waals surface area (Å²) in [7, 11) is 0. The van der Waals surface area contributed by atoms with Crippen molar-refractivity contribution in [1.29, 1.82) is 0 Å². The van der Waals surface area contributed by atoms with Crippen LogP contribution in [-0.4, -0.2) is 15.5 Å². The van der Waals surface area contributed by atoms with Crippen molar-refractivity contribution in [3.63, 3.8) is 0 Å². The predicted molar refractivity (Wildman–Crippen MR) is 68.7 cm³/mol. The SMILES string of the molecule is CC(C)(C)Nc1nc(-c2cccnc2)cs1. The van der Waals surface area contributed by atoms with Gasteiger partial charge in [0.1, 0.15) is 0 Å². The summed E-state index contributed by atoms with van der Waals surface area (Å²) in [5.41, 5.74) is 2.08. The Balaban J connectivity index is 2.21. The Bertz CT molecular complexity index is 457. The minimum Gasteiger partial charge on any atom is -0.357 e. The Labute approximate surface area is 99.6 Å². The Hall–Kier alpha value is -1.42. The van der Waals surface area contributed by atoms with E-state index in [0.29, 0.717) is 0 Å². The van der Waals surface area contributed by atoms with E-state index in [4.69, 9.17) is 0 Å². The van der Waals surface area contributed by atoms with E-state index in [1.807, 2.05) is 23.7 Å². The fourth-order valence-electron chi connectivity index (χ4n) is 1.30. The lowest BCUT2D eigenvalue weighted by molar-refractivity contribution is 0.633. The number of thiazole rings is 1. The number of anilines is 1. The van der Waals surface area contributed by atoms with Gasteiger partial charge in [0.25, 0.3) is 0 Å². The van der Waals surface area contributed by atoms with Crippen LogP contribution < -0.4 is 5.32 Å². The first-order valence-corrected chi connectivity index (χ1v) is 6.07. The summed E-state index contributed by atoms with van der Waals surface area (Å²) < 4.78 is 0. The van der Waals surface area contributed by atoms with Crippen LogP contribution in [0.3, 0.4) is 0 Å². The van der Waals surface area contributed by atoms with Crippen LogP contribution in [0, 0.1) is 0 Å². The number of pyridine rings is 1. The molecular weight excluding hydrogens is 218 g/mol. The van der Waals surface area contributed by atoms with Crippen LogP contribution >= 0.6 is 11.3 Å². The number of nitrogens with zero attached hydrogens (tertiary/aromatic N) is 2. The highest BCUT2D eigenvalue weighted by molar-refractivity contribution is 7.14. The second-order valence-corrected chi connectivity index (χ2v) is 5.51. The zero-order chi connectivity index (χ0) is 11.6. The van der Waals surface area contributed by atoms with Crippen LogP contribution in [0.15, 0.2) is 29.9 Å². The van der Waals surface area contributed by atoms with Crippen molar-refractivity contribution in [2.45, 2.75) is 26.3 Å². The molecule has 3 nitrogen and oxygen atoms in total. The molecule has 4 heteroatoms. The van der Waals surface area contributed by atoms with Gasteiger partial charge in [-0.1, -0.05) is 0 Å². The fourth-order valence-corrected chi connectivity index (χ4v) is 2.23. The summed E-state index contributed by atoms with van der Waals surface area (Å²) in [5, 5.41) is 6.36. The standard InChI is InChI=1S/C12H15N3S/c1-12(2,3)15-11-14-10(8-16-11)9-5-4-6-13-7-9/h4-8H,1-3H3,(H,14,15). The lowest BCUT2D eigenvalue weighted by Gasteiger charge is -2.19. The van der Waals surface area contributed by atoms with Gasteiger partial charge >= 0.3 is 0 Å². The van der Waals surface area contributed by atoms with E-state index >= 15 is 0 Å². The second kappa shape index (κ2) is 4.22. The van der Waals surface area contributed by atoms with Gasteiger partial charge < -0.3 is 5.32 Å². The molecule has 1 N–H and O–H groups in total. The first-order valence-electron chi connectivity index (χ1n) is 5.19. The van der Waals surface area contributed by atoms with Crippen LogP contribution in [0.4, 0.5) is 5.13 Å². The maximum absolute atomic E-state index is 4.53. The number of rotatable bonds is 2. The quantitative estimate of drug-likeness (QED) is 0.863. The molecule has 84 valence electrons. The molecule has 0 fully saturated rings. The summed E-state index contributed by atoms with van der Waals surface area (Å²) in [6.07, 6.45) is 3.60.